The summed E-state index contributed by atoms with van der Waals surface area (Å²) in [6, 6.07) is 10.9. The summed E-state index contributed by atoms with van der Waals surface area (Å²) in [6.45, 7) is 17.9. The summed E-state index contributed by atoms with van der Waals surface area (Å²) < 4.78 is 12.6. The molecule has 0 amide bonds. The van der Waals surface area contributed by atoms with E-state index in [2.05, 4.69) is 97.1 Å². The van der Waals surface area contributed by atoms with Crippen LogP contribution in [0.3, 0.4) is 0 Å². The molecule has 0 bridgehead atoms. The molecule has 2 rings (SSSR count). The van der Waals surface area contributed by atoms with Gasteiger partial charge in [0.1, 0.15) is 0 Å². The van der Waals surface area contributed by atoms with Crippen molar-refractivity contribution in [1.29, 1.82) is 0 Å². The third kappa shape index (κ3) is 3.42. The van der Waals surface area contributed by atoms with Crippen LogP contribution in [-0.2, 0) is 9.31 Å². The lowest BCUT2D eigenvalue weighted by atomic mass is 9.77. The minimum atomic E-state index is -1.76. The lowest BCUT2D eigenvalue weighted by Gasteiger charge is -2.42. The zero-order valence-electron chi connectivity index (χ0n) is 16.6. The van der Waals surface area contributed by atoms with Crippen LogP contribution in [0.25, 0.3) is 0 Å². The van der Waals surface area contributed by atoms with Gasteiger partial charge in [0, 0.05) is 0 Å². The second-order valence-corrected chi connectivity index (χ2v) is 13.8. The smallest absolute Gasteiger partial charge is 0.403 e. The van der Waals surface area contributed by atoms with Crippen molar-refractivity contribution in [3.05, 3.63) is 42.5 Å². The number of allylic oxidation sites excluding steroid dienone is 2. The van der Waals surface area contributed by atoms with Gasteiger partial charge in [0.2, 0.25) is 0 Å². The highest BCUT2D eigenvalue weighted by Crippen LogP contribution is 2.48. The monoisotopic (exact) mass is 344 g/mol. The van der Waals surface area contributed by atoms with Crippen molar-refractivity contribution in [2.75, 3.05) is 0 Å². The average molecular weight is 344 g/mol. The first-order valence-electron chi connectivity index (χ1n) is 9.00. The molecule has 1 aromatic rings. The molecule has 0 spiro atoms. The SMILES string of the molecule is C/C=C/C(C)(CB1OC(C)(C)C(C)(C)O1)[Si](C)(C)c1ccccc1. The average Bonchev–Trinajstić information content (AvgIpc) is 2.67. The van der Waals surface area contributed by atoms with E-state index in [0.717, 1.165) is 6.32 Å². The fourth-order valence-electron chi connectivity index (χ4n) is 3.48. The van der Waals surface area contributed by atoms with Crippen LogP contribution in [0.5, 0.6) is 0 Å². The molecule has 0 N–H and O–H groups in total. The van der Waals surface area contributed by atoms with E-state index in [1.54, 1.807) is 0 Å². The molecular weight excluding hydrogens is 311 g/mol. The van der Waals surface area contributed by atoms with Gasteiger partial charge >= 0.3 is 7.12 Å². The topological polar surface area (TPSA) is 18.5 Å². The number of rotatable bonds is 5. The molecule has 2 nitrogen and oxygen atoms in total. The van der Waals surface area contributed by atoms with Crippen LogP contribution in [0.2, 0.25) is 24.5 Å². The second kappa shape index (κ2) is 6.47. The van der Waals surface area contributed by atoms with Gasteiger partial charge in [-0.15, -0.1) is 0 Å². The van der Waals surface area contributed by atoms with Gasteiger partial charge in [0.15, 0.2) is 0 Å². The van der Waals surface area contributed by atoms with Crippen LogP contribution in [0.15, 0.2) is 42.5 Å². The van der Waals surface area contributed by atoms with Crippen molar-refractivity contribution >= 4 is 20.4 Å². The van der Waals surface area contributed by atoms with Crippen LogP contribution in [0.4, 0.5) is 0 Å². The van der Waals surface area contributed by atoms with Gasteiger partial charge in [0.25, 0.3) is 0 Å². The Labute approximate surface area is 149 Å². The first kappa shape index (κ1) is 19.5. The molecule has 0 aromatic heterocycles. The summed E-state index contributed by atoms with van der Waals surface area (Å²) in [7, 11) is -1.92. The lowest BCUT2D eigenvalue weighted by Crippen LogP contribution is -2.52. The van der Waals surface area contributed by atoms with Gasteiger partial charge in [-0.25, -0.2) is 0 Å². The van der Waals surface area contributed by atoms with E-state index in [1.165, 1.54) is 5.19 Å². The van der Waals surface area contributed by atoms with Crippen molar-refractivity contribution in [3.63, 3.8) is 0 Å². The minimum absolute atomic E-state index is 0.0598. The standard InChI is InChI=1S/C20H33BO2Si/c1-9-15-20(6,24(7,8)17-13-11-10-12-14-17)16-21-22-18(2,3)19(4,5)23-21/h9-15H,16H2,1-8H3/b15-9+. The first-order chi connectivity index (χ1) is 11.0. The largest absolute Gasteiger partial charge is 0.458 e. The number of hydrogen-bond donors (Lipinski definition) is 0. The van der Waals surface area contributed by atoms with Crippen LogP contribution >= 0.6 is 0 Å². The van der Waals surface area contributed by atoms with E-state index in [9.17, 15) is 0 Å². The Kier molecular flexibility index (Phi) is 5.25. The zero-order chi connectivity index (χ0) is 18.2. The van der Waals surface area contributed by atoms with Gasteiger partial charge in [-0.2, -0.15) is 0 Å². The van der Waals surface area contributed by atoms with Crippen LogP contribution < -0.4 is 5.19 Å². The Morgan fingerprint density at radius 1 is 1.04 bits per heavy atom. The minimum Gasteiger partial charge on any atom is -0.403 e. The van der Waals surface area contributed by atoms with Crippen molar-refractivity contribution < 1.29 is 9.31 Å². The molecule has 1 saturated heterocycles. The van der Waals surface area contributed by atoms with Crippen molar-refractivity contribution in [1.82, 2.24) is 0 Å². The Morgan fingerprint density at radius 3 is 2.00 bits per heavy atom. The van der Waals surface area contributed by atoms with Gasteiger partial charge in [-0.1, -0.05) is 67.7 Å². The van der Waals surface area contributed by atoms with E-state index >= 15 is 0 Å². The first-order valence-corrected chi connectivity index (χ1v) is 12.0. The van der Waals surface area contributed by atoms with Crippen LogP contribution in [-0.4, -0.2) is 26.4 Å². The third-order valence-corrected chi connectivity index (χ3v) is 11.4. The van der Waals surface area contributed by atoms with E-state index in [0.29, 0.717) is 0 Å². The molecule has 24 heavy (non-hydrogen) atoms. The summed E-state index contributed by atoms with van der Waals surface area (Å²) in [4.78, 5) is 0. The normalized spacial score (nSPS) is 22.8. The summed E-state index contributed by atoms with van der Waals surface area (Å²) >= 11 is 0. The van der Waals surface area contributed by atoms with Gasteiger partial charge in [-0.05, 0) is 46.0 Å². The lowest BCUT2D eigenvalue weighted by molar-refractivity contribution is 0.00578. The van der Waals surface area contributed by atoms with Crippen LogP contribution in [0, 0.1) is 0 Å². The molecule has 1 heterocycles. The molecule has 1 aliphatic heterocycles. The van der Waals surface area contributed by atoms with Crippen LogP contribution in [0.1, 0.15) is 41.5 Å². The highest BCUT2D eigenvalue weighted by Gasteiger charge is 2.54. The van der Waals surface area contributed by atoms with E-state index < -0.39 is 8.07 Å². The van der Waals surface area contributed by atoms with E-state index in [4.69, 9.17) is 9.31 Å². The maximum absolute atomic E-state index is 6.30. The third-order valence-electron chi connectivity index (χ3n) is 6.35. The molecule has 1 fully saturated rings. The molecule has 0 aliphatic carbocycles. The summed E-state index contributed by atoms with van der Waals surface area (Å²) in [5.74, 6) is 0. The molecular formula is C20H33BO2Si. The Bertz CT molecular complexity index is 579. The molecule has 1 atom stereocenters. The fourth-order valence-corrected chi connectivity index (χ4v) is 6.42. The molecule has 1 aromatic carbocycles. The molecule has 1 unspecified atom stereocenters. The maximum Gasteiger partial charge on any atom is 0.458 e. The van der Waals surface area contributed by atoms with Gasteiger partial charge < -0.3 is 9.31 Å². The summed E-state index contributed by atoms with van der Waals surface area (Å²) in [5, 5.41) is 1.53. The van der Waals surface area contributed by atoms with Gasteiger partial charge in [-0.3, -0.25) is 0 Å². The zero-order valence-corrected chi connectivity index (χ0v) is 17.6. The number of hydrogen-bond acceptors (Lipinski definition) is 2. The molecule has 132 valence electrons. The van der Waals surface area contributed by atoms with Crippen molar-refractivity contribution in [2.24, 2.45) is 0 Å². The Balaban J connectivity index is 2.32. The van der Waals surface area contributed by atoms with Crippen molar-refractivity contribution in [2.45, 2.75) is 77.2 Å². The highest BCUT2D eigenvalue weighted by molar-refractivity contribution is 6.93. The fraction of sp³-hybridized carbons (Fsp3) is 0.600. The molecule has 1 aliphatic rings. The predicted molar refractivity (Wildman–Crippen MR) is 108 cm³/mol. The molecule has 0 saturated carbocycles. The Morgan fingerprint density at radius 2 is 1.54 bits per heavy atom. The van der Waals surface area contributed by atoms with E-state index in [-0.39, 0.29) is 23.4 Å². The predicted octanol–water partition coefficient (Wildman–Crippen LogP) is 5.03. The highest BCUT2D eigenvalue weighted by atomic mass is 28.3. The molecule has 0 radical (unpaired) electrons. The van der Waals surface area contributed by atoms with Gasteiger partial charge in [0.05, 0.1) is 19.3 Å². The van der Waals surface area contributed by atoms with E-state index in [1.807, 2.05) is 0 Å². The number of benzene rings is 1. The van der Waals surface area contributed by atoms with Crippen molar-refractivity contribution in [3.8, 4) is 0 Å². The quantitative estimate of drug-likeness (QED) is 0.551. The summed E-state index contributed by atoms with van der Waals surface area (Å²) in [5.41, 5.74) is -0.542. The second-order valence-electron chi connectivity index (χ2n) is 8.80. The maximum atomic E-state index is 6.30. The molecule has 4 heteroatoms. The summed E-state index contributed by atoms with van der Waals surface area (Å²) in [6.07, 6.45) is 5.44. The Hall–Kier alpha value is -0.838.